The van der Waals surface area contributed by atoms with E-state index in [0.717, 1.165) is 0 Å². The maximum atomic E-state index is 11.0. The monoisotopic (exact) mass is 351 g/mol. The van der Waals surface area contributed by atoms with Crippen LogP contribution in [0.25, 0.3) is 0 Å². The van der Waals surface area contributed by atoms with Gasteiger partial charge < -0.3 is 10.4 Å². The van der Waals surface area contributed by atoms with Gasteiger partial charge in [-0.05, 0) is 27.7 Å². The van der Waals surface area contributed by atoms with E-state index in [0.29, 0.717) is 0 Å². The Morgan fingerprint density at radius 3 is 1.38 bits per heavy atom. The summed E-state index contributed by atoms with van der Waals surface area (Å²) in [4.78, 5) is 8.63. The van der Waals surface area contributed by atoms with E-state index < -0.39 is 15.4 Å². The molecule has 0 aromatic carbocycles. The summed E-state index contributed by atoms with van der Waals surface area (Å²) in [5, 5.41) is 8.28. The van der Waals surface area contributed by atoms with Crippen molar-refractivity contribution in [1.29, 1.82) is 5.26 Å². The van der Waals surface area contributed by atoms with Gasteiger partial charge in [0.2, 0.25) is 0 Å². The molecule has 21 heavy (non-hydrogen) atoms. The summed E-state index contributed by atoms with van der Waals surface area (Å²) in [6.07, 6.45) is 0. The molecule has 0 aliphatic rings. The average Bonchev–Trinajstić information content (AvgIpc) is 2.30. The lowest BCUT2D eigenvalue weighted by molar-refractivity contribution is 0.161. The zero-order valence-electron chi connectivity index (χ0n) is 12.1. The molecule has 130 valence electrons. The first kappa shape index (κ1) is 28.8. The molecule has 0 saturated heterocycles. The predicted molar refractivity (Wildman–Crippen MR) is 79.9 cm³/mol. The highest BCUT2D eigenvalue weighted by molar-refractivity contribution is 7.59. The standard InChI is InChI=1S/C5H10NO3P.C4H11O4P.CH4.H2O/c1-3-8-10(7,5-6)9-4-2;1-3-7-9(5,6)8-4-2;;/h3-4H2,1-2H3;3-4H2,1-2H3,(H,5,6);1H4;1H2. The van der Waals surface area contributed by atoms with Gasteiger partial charge in [-0.1, -0.05) is 7.43 Å². The van der Waals surface area contributed by atoms with Crippen molar-refractivity contribution in [2.24, 2.45) is 0 Å². The second-order valence-electron chi connectivity index (χ2n) is 2.74. The third kappa shape index (κ3) is 17.7. The first-order chi connectivity index (χ1) is 8.80. The van der Waals surface area contributed by atoms with Crippen LogP contribution in [0.5, 0.6) is 0 Å². The van der Waals surface area contributed by atoms with Crippen LogP contribution in [0.15, 0.2) is 0 Å². The van der Waals surface area contributed by atoms with Crippen molar-refractivity contribution in [3.05, 3.63) is 0 Å². The summed E-state index contributed by atoms with van der Waals surface area (Å²) in [6.45, 7) is 7.40. The van der Waals surface area contributed by atoms with E-state index in [1.807, 2.05) is 0 Å². The van der Waals surface area contributed by atoms with Crippen molar-refractivity contribution in [2.45, 2.75) is 35.1 Å². The van der Waals surface area contributed by atoms with E-state index in [4.69, 9.17) is 10.2 Å². The Balaban J connectivity index is -0.000000126. The highest BCUT2D eigenvalue weighted by Crippen LogP contribution is 2.46. The van der Waals surface area contributed by atoms with E-state index in [1.54, 1.807) is 27.7 Å². The minimum Gasteiger partial charge on any atom is -0.412 e. The van der Waals surface area contributed by atoms with Gasteiger partial charge in [0.05, 0.1) is 26.4 Å². The topological polar surface area (TPSA) is 147 Å². The number of hydrogen-bond donors (Lipinski definition) is 1. The molecule has 0 aliphatic carbocycles. The van der Waals surface area contributed by atoms with Crippen LogP contribution in [-0.4, -0.2) is 36.8 Å². The largest absolute Gasteiger partial charge is 0.472 e. The fraction of sp³-hybridized carbons (Fsp3) is 0.900. The predicted octanol–water partition coefficient (Wildman–Crippen LogP) is 2.70. The van der Waals surface area contributed by atoms with Crippen molar-refractivity contribution in [2.75, 3.05) is 26.4 Å². The Labute approximate surface area is 126 Å². The lowest BCUT2D eigenvalue weighted by Gasteiger charge is -2.07. The number of nitrogens with zero attached hydrogens (tertiary/aromatic N) is 1. The van der Waals surface area contributed by atoms with Crippen LogP contribution in [0.3, 0.4) is 0 Å². The molecule has 11 heteroatoms. The molecule has 0 bridgehead atoms. The Kier molecular flexibility index (Phi) is 22.1. The van der Waals surface area contributed by atoms with Crippen LogP contribution in [0.2, 0.25) is 0 Å². The van der Waals surface area contributed by atoms with Crippen LogP contribution in [0, 0.1) is 11.1 Å². The van der Waals surface area contributed by atoms with Crippen LogP contribution in [-0.2, 0) is 27.2 Å². The van der Waals surface area contributed by atoms with Gasteiger partial charge in [0.1, 0.15) is 0 Å². The molecule has 0 aliphatic heterocycles. The highest BCUT2D eigenvalue weighted by atomic mass is 31.2. The number of phosphoric ester groups is 1. The third-order valence-electron chi connectivity index (χ3n) is 1.31. The van der Waals surface area contributed by atoms with Gasteiger partial charge in [-0.2, -0.15) is 5.26 Å². The molecule has 0 aromatic heterocycles. The molecule has 0 spiro atoms. The Morgan fingerprint density at radius 1 is 0.905 bits per heavy atom. The van der Waals surface area contributed by atoms with Crippen molar-refractivity contribution >= 4 is 15.4 Å². The van der Waals surface area contributed by atoms with Crippen molar-refractivity contribution < 1.29 is 37.6 Å². The maximum absolute atomic E-state index is 11.0. The average molecular weight is 351 g/mol. The van der Waals surface area contributed by atoms with E-state index >= 15 is 0 Å². The highest BCUT2D eigenvalue weighted by Gasteiger charge is 2.21. The normalized spacial score (nSPS) is 10.3. The van der Waals surface area contributed by atoms with Crippen LogP contribution < -0.4 is 0 Å². The maximum Gasteiger partial charge on any atom is 0.472 e. The summed E-state index contributed by atoms with van der Waals surface area (Å²) in [6, 6.07) is 0. The lowest BCUT2D eigenvalue weighted by Crippen LogP contribution is -1.93. The molecule has 0 amide bonds. The van der Waals surface area contributed by atoms with E-state index in [2.05, 4.69) is 18.1 Å². The van der Waals surface area contributed by atoms with Crippen molar-refractivity contribution in [3.63, 3.8) is 0 Å². The summed E-state index contributed by atoms with van der Waals surface area (Å²) >= 11 is 0. The molecule has 0 heterocycles. The molecule has 0 fully saturated rings. The minimum atomic E-state index is -3.69. The molecule has 0 radical (unpaired) electrons. The summed E-state index contributed by atoms with van der Waals surface area (Å²) in [5.41, 5.74) is 0. The zero-order chi connectivity index (χ0) is 15.4. The summed E-state index contributed by atoms with van der Waals surface area (Å²) in [5.74, 6) is 1.49. The van der Waals surface area contributed by atoms with Gasteiger partial charge in [-0.25, -0.2) is 9.13 Å². The van der Waals surface area contributed by atoms with Gasteiger partial charge in [-0.15, -0.1) is 0 Å². The van der Waals surface area contributed by atoms with Gasteiger partial charge in [0.15, 0.2) is 5.81 Å². The SMILES string of the molecule is C.CCOP(=O)(C#N)OCC.CCOP(=O)(O)OCC.O. The number of rotatable bonds is 8. The smallest absolute Gasteiger partial charge is 0.412 e. The second-order valence-corrected chi connectivity index (χ2v) is 5.90. The van der Waals surface area contributed by atoms with Gasteiger partial charge in [0, 0.05) is 0 Å². The Bertz CT molecular complexity index is 337. The van der Waals surface area contributed by atoms with Crippen LogP contribution in [0.1, 0.15) is 35.1 Å². The van der Waals surface area contributed by atoms with E-state index in [-0.39, 0.29) is 39.3 Å². The molecule has 9 nitrogen and oxygen atoms in total. The van der Waals surface area contributed by atoms with E-state index in [9.17, 15) is 9.13 Å². The fourth-order valence-electron chi connectivity index (χ4n) is 0.798. The molecule has 0 saturated carbocycles. The Hall–Kier alpha value is -0.290. The molecule has 0 unspecified atom stereocenters. The quantitative estimate of drug-likeness (QED) is 0.656. The second kappa shape index (κ2) is 16.1. The summed E-state index contributed by atoms with van der Waals surface area (Å²) < 4.78 is 39.4. The molecular weight excluding hydrogens is 324 g/mol. The molecule has 0 aromatic rings. The van der Waals surface area contributed by atoms with Gasteiger partial charge in [-0.3, -0.25) is 18.1 Å². The van der Waals surface area contributed by atoms with Crippen LogP contribution in [0.4, 0.5) is 0 Å². The Morgan fingerprint density at radius 2 is 1.19 bits per heavy atom. The lowest BCUT2D eigenvalue weighted by atomic mass is 10.9. The fourth-order valence-corrected chi connectivity index (χ4v) is 2.40. The van der Waals surface area contributed by atoms with Gasteiger partial charge >= 0.3 is 15.4 Å². The minimum absolute atomic E-state index is 0. The zero-order valence-corrected chi connectivity index (χ0v) is 13.9. The van der Waals surface area contributed by atoms with Crippen molar-refractivity contribution in [3.8, 4) is 5.81 Å². The third-order valence-corrected chi connectivity index (χ3v) is 3.92. The van der Waals surface area contributed by atoms with E-state index in [1.165, 1.54) is 5.81 Å². The summed E-state index contributed by atoms with van der Waals surface area (Å²) in [7, 11) is -7.09. The molecule has 0 atom stereocenters. The number of phosphoric acid groups is 1. The molecular formula is C10H27NO8P2. The van der Waals surface area contributed by atoms with Gasteiger partial charge in [0.25, 0.3) is 0 Å². The number of hydrogen-bond acceptors (Lipinski definition) is 7. The first-order valence-corrected chi connectivity index (χ1v) is 8.76. The van der Waals surface area contributed by atoms with Crippen molar-refractivity contribution in [1.82, 2.24) is 0 Å². The molecule has 0 rings (SSSR count). The molecule has 3 N–H and O–H groups in total. The van der Waals surface area contributed by atoms with Crippen LogP contribution >= 0.6 is 15.4 Å². The number of nitriles is 1. The first-order valence-electron chi connectivity index (χ1n) is 5.73.